The molecule has 0 bridgehead atoms. The Morgan fingerprint density at radius 3 is 2.45 bits per heavy atom. The van der Waals surface area contributed by atoms with E-state index in [0.29, 0.717) is 42.9 Å². The molecule has 4 rings (SSSR count). The first-order valence-corrected chi connectivity index (χ1v) is 11.6. The molecule has 1 aromatic carbocycles. The van der Waals surface area contributed by atoms with Crippen LogP contribution >= 0.6 is 0 Å². The van der Waals surface area contributed by atoms with Gasteiger partial charge in [0.15, 0.2) is 6.10 Å². The minimum Gasteiger partial charge on any atom is -0.479 e. The number of piperidine rings is 1. The number of likely N-dealkylation sites (tertiary alicyclic amines) is 1. The highest BCUT2D eigenvalue weighted by molar-refractivity contribution is 7.89. The number of ether oxygens (including phenoxy) is 1. The zero-order valence-corrected chi connectivity index (χ0v) is 17.6. The van der Waals surface area contributed by atoms with E-state index in [1.165, 1.54) is 10.4 Å². The number of aryl methyl sites for hydroxylation is 1. The summed E-state index contributed by atoms with van der Waals surface area (Å²) in [6.07, 6.45) is 2.52. The molecule has 2 saturated heterocycles. The van der Waals surface area contributed by atoms with Gasteiger partial charge in [0.05, 0.1) is 10.6 Å². The molecule has 1 aromatic rings. The lowest BCUT2D eigenvalue weighted by atomic mass is 9.97. The van der Waals surface area contributed by atoms with E-state index in [0.717, 1.165) is 25.9 Å². The van der Waals surface area contributed by atoms with E-state index in [-0.39, 0.29) is 22.6 Å². The van der Waals surface area contributed by atoms with E-state index in [1.54, 1.807) is 19.9 Å². The fourth-order valence-corrected chi connectivity index (χ4v) is 5.99. The second-order valence-electron chi connectivity index (χ2n) is 8.07. The van der Waals surface area contributed by atoms with Crippen LogP contribution in [0.5, 0.6) is 5.75 Å². The van der Waals surface area contributed by atoms with Crippen molar-refractivity contribution in [1.82, 2.24) is 9.21 Å². The number of fused-ring (bicyclic) bond motifs is 1. The van der Waals surface area contributed by atoms with Crippen LogP contribution < -0.4 is 10.1 Å². The van der Waals surface area contributed by atoms with Crippen molar-refractivity contribution in [1.29, 1.82) is 0 Å². The monoisotopic (exact) mass is 421 g/mol. The molecule has 9 heteroatoms. The SMILES string of the molecule is Cc1cc2c(cc1S(=O)(=O)N1CCC(C(=O)N3CCCC3)CC1)OC(C)C(=O)N2. The minimum atomic E-state index is -3.71. The average molecular weight is 422 g/mol. The summed E-state index contributed by atoms with van der Waals surface area (Å²) in [5.41, 5.74) is 1.04. The van der Waals surface area contributed by atoms with Gasteiger partial charge in [-0.2, -0.15) is 4.31 Å². The average Bonchev–Trinajstić information content (AvgIpc) is 3.23. The number of carbonyl (C=O) groups is 2. The van der Waals surface area contributed by atoms with Gasteiger partial charge in [-0.1, -0.05) is 0 Å². The van der Waals surface area contributed by atoms with Gasteiger partial charge >= 0.3 is 0 Å². The summed E-state index contributed by atoms with van der Waals surface area (Å²) in [4.78, 5) is 26.5. The molecule has 29 heavy (non-hydrogen) atoms. The van der Waals surface area contributed by atoms with Crippen molar-refractivity contribution in [2.45, 2.75) is 50.5 Å². The Balaban J connectivity index is 1.50. The van der Waals surface area contributed by atoms with Crippen LogP contribution in [0.4, 0.5) is 5.69 Å². The lowest BCUT2D eigenvalue weighted by Crippen LogP contribution is -2.43. The van der Waals surface area contributed by atoms with Crippen molar-refractivity contribution in [2.75, 3.05) is 31.5 Å². The lowest BCUT2D eigenvalue weighted by Gasteiger charge is -2.33. The van der Waals surface area contributed by atoms with E-state index in [4.69, 9.17) is 4.74 Å². The number of nitrogens with one attached hydrogen (secondary N) is 1. The predicted octanol–water partition coefficient (Wildman–Crippen LogP) is 1.74. The smallest absolute Gasteiger partial charge is 0.265 e. The van der Waals surface area contributed by atoms with Gasteiger partial charge < -0.3 is 15.0 Å². The number of carbonyl (C=O) groups excluding carboxylic acids is 2. The van der Waals surface area contributed by atoms with Gasteiger partial charge in [-0.15, -0.1) is 0 Å². The van der Waals surface area contributed by atoms with Gasteiger partial charge in [0.1, 0.15) is 5.75 Å². The van der Waals surface area contributed by atoms with Crippen molar-refractivity contribution in [3.8, 4) is 5.75 Å². The molecule has 0 radical (unpaired) electrons. The van der Waals surface area contributed by atoms with Crippen molar-refractivity contribution in [3.05, 3.63) is 17.7 Å². The molecule has 2 fully saturated rings. The third-order valence-corrected chi connectivity index (χ3v) is 8.09. The number of nitrogens with zero attached hydrogens (tertiary/aromatic N) is 2. The van der Waals surface area contributed by atoms with Gasteiger partial charge in [0.2, 0.25) is 15.9 Å². The fourth-order valence-electron chi connectivity index (χ4n) is 4.30. The Morgan fingerprint density at radius 1 is 1.14 bits per heavy atom. The zero-order valence-electron chi connectivity index (χ0n) is 16.8. The first-order valence-electron chi connectivity index (χ1n) is 10.2. The summed E-state index contributed by atoms with van der Waals surface area (Å²) >= 11 is 0. The van der Waals surface area contributed by atoms with Crippen LogP contribution in [0.15, 0.2) is 17.0 Å². The van der Waals surface area contributed by atoms with Gasteiger partial charge in [0, 0.05) is 38.2 Å². The highest BCUT2D eigenvalue weighted by atomic mass is 32.2. The summed E-state index contributed by atoms with van der Waals surface area (Å²) in [7, 11) is -3.71. The van der Waals surface area contributed by atoms with E-state index in [9.17, 15) is 18.0 Å². The predicted molar refractivity (Wildman–Crippen MR) is 107 cm³/mol. The van der Waals surface area contributed by atoms with Crippen LogP contribution in [0.25, 0.3) is 0 Å². The maximum Gasteiger partial charge on any atom is 0.265 e. The van der Waals surface area contributed by atoms with E-state index >= 15 is 0 Å². The van der Waals surface area contributed by atoms with Crippen LogP contribution in [0.3, 0.4) is 0 Å². The van der Waals surface area contributed by atoms with Crippen LogP contribution in [-0.4, -0.2) is 61.7 Å². The highest BCUT2D eigenvalue weighted by Crippen LogP contribution is 2.36. The number of hydrogen-bond acceptors (Lipinski definition) is 5. The largest absolute Gasteiger partial charge is 0.479 e. The third kappa shape index (κ3) is 3.73. The van der Waals surface area contributed by atoms with Crippen LogP contribution in [0, 0.1) is 12.8 Å². The molecule has 0 saturated carbocycles. The first-order chi connectivity index (χ1) is 13.8. The molecule has 1 atom stereocenters. The first kappa shape index (κ1) is 20.2. The van der Waals surface area contributed by atoms with Crippen LogP contribution in [0.2, 0.25) is 0 Å². The summed E-state index contributed by atoms with van der Waals surface area (Å²) in [6, 6.07) is 3.13. The molecule has 1 N–H and O–H groups in total. The molecule has 0 aliphatic carbocycles. The van der Waals surface area contributed by atoms with Crippen molar-refractivity contribution >= 4 is 27.5 Å². The number of hydrogen-bond donors (Lipinski definition) is 1. The normalized spacial score (nSPS) is 23.4. The molecule has 2 amide bonds. The van der Waals surface area contributed by atoms with Crippen molar-refractivity contribution in [3.63, 3.8) is 0 Å². The van der Waals surface area contributed by atoms with Crippen molar-refractivity contribution < 1.29 is 22.7 Å². The summed E-state index contributed by atoms with van der Waals surface area (Å²) in [6.45, 7) is 5.63. The van der Waals surface area contributed by atoms with Gasteiger partial charge in [-0.05, 0) is 51.2 Å². The Morgan fingerprint density at radius 2 is 1.79 bits per heavy atom. The minimum absolute atomic E-state index is 0.0939. The molecule has 3 heterocycles. The van der Waals surface area contributed by atoms with Crippen LogP contribution in [-0.2, 0) is 19.6 Å². The Labute approximate surface area is 171 Å². The fraction of sp³-hybridized carbons (Fsp3) is 0.600. The number of sulfonamides is 1. The van der Waals surface area contributed by atoms with Crippen molar-refractivity contribution in [2.24, 2.45) is 5.92 Å². The van der Waals surface area contributed by atoms with E-state index in [2.05, 4.69) is 5.32 Å². The third-order valence-electron chi connectivity index (χ3n) is 6.05. The molecular weight excluding hydrogens is 394 g/mol. The van der Waals surface area contributed by atoms with E-state index in [1.807, 2.05) is 4.90 Å². The topological polar surface area (TPSA) is 96.0 Å². The standard InChI is InChI=1S/C20H27N3O5S/c1-13-11-16-17(28-14(2)19(24)21-16)12-18(13)29(26,27)23-9-5-15(6-10-23)20(25)22-7-3-4-8-22/h11-12,14-15H,3-10H2,1-2H3,(H,21,24). The highest BCUT2D eigenvalue weighted by Gasteiger charge is 2.36. The second kappa shape index (κ2) is 7.60. The van der Waals surface area contributed by atoms with Crippen LogP contribution in [0.1, 0.15) is 38.2 Å². The lowest BCUT2D eigenvalue weighted by molar-refractivity contribution is -0.135. The number of anilines is 1. The summed E-state index contributed by atoms with van der Waals surface area (Å²) in [5, 5.41) is 2.74. The Hall–Kier alpha value is -2.13. The molecule has 1 unspecified atom stereocenters. The molecular formula is C20H27N3O5S. The maximum atomic E-state index is 13.3. The number of rotatable bonds is 3. The molecule has 8 nitrogen and oxygen atoms in total. The van der Waals surface area contributed by atoms with Gasteiger partial charge in [-0.3, -0.25) is 9.59 Å². The Bertz CT molecular complexity index is 932. The zero-order chi connectivity index (χ0) is 20.8. The number of amides is 2. The molecule has 3 aliphatic heterocycles. The van der Waals surface area contributed by atoms with Gasteiger partial charge in [0.25, 0.3) is 5.91 Å². The Kier molecular flexibility index (Phi) is 5.29. The molecule has 0 spiro atoms. The quantitative estimate of drug-likeness (QED) is 0.802. The maximum absolute atomic E-state index is 13.3. The van der Waals surface area contributed by atoms with E-state index < -0.39 is 16.1 Å². The molecule has 3 aliphatic rings. The second-order valence-corrected chi connectivity index (χ2v) is 9.98. The molecule has 158 valence electrons. The molecule has 0 aromatic heterocycles. The summed E-state index contributed by atoms with van der Waals surface area (Å²) < 4.78 is 33.6. The number of benzene rings is 1. The van der Waals surface area contributed by atoms with Gasteiger partial charge in [-0.25, -0.2) is 8.42 Å². The summed E-state index contributed by atoms with van der Waals surface area (Å²) in [5.74, 6) is 0.184.